The molecule has 1 amide bonds. The van der Waals surface area contributed by atoms with Crippen molar-refractivity contribution in [3.63, 3.8) is 0 Å². The zero-order valence-electron chi connectivity index (χ0n) is 12.8. The summed E-state index contributed by atoms with van der Waals surface area (Å²) in [7, 11) is 0. The Morgan fingerprint density at radius 2 is 2.33 bits per heavy atom. The first-order valence-corrected chi connectivity index (χ1v) is 7.98. The van der Waals surface area contributed by atoms with Crippen LogP contribution in [0.5, 0.6) is 5.75 Å². The van der Waals surface area contributed by atoms with E-state index < -0.39 is 0 Å². The molecule has 1 atom stereocenters. The Kier molecular flexibility index (Phi) is 6.05. The van der Waals surface area contributed by atoms with Gasteiger partial charge in [-0.2, -0.15) is 0 Å². The average Bonchev–Trinajstić information content (AvgIpc) is 2.96. The van der Waals surface area contributed by atoms with E-state index in [2.05, 4.69) is 12.2 Å². The lowest BCUT2D eigenvalue weighted by atomic mass is 10.1. The molecule has 1 unspecified atom stereocenters. The third kappa shape index (κ3) is 5.05. The Morgan fingerprint density at radius 1 is 1.48 bits per heavy atom. The quantitative estimate of drug-likeness (QED) is 0.810. The molecule has 1 saturated heterocycles. The first-order valence-electron chi connectivity index (χ1n) is 7.98. The molecule has 21 heavy (non-hydrogen) atoms. The molecule has 1 aliphatic heterocycles. The SMILES string of the molecule is CCCCN(CC1CCCN1)C(=O)Cc1cccc(O)c1. The van der Waals surface area contributed by atoms with Crippen molar-refractivity contribution < 1.29 is 9.90 Å². The summed E-state index contributed by atoms with van der Waals surface area (Å²) in [6, 6.07) is 7.42. The monoisotopic (exact) mass is 290 g/mol. The second kappa shape index (κ2) is 8.03. The standard InChI is InChI=1S/C17H26N2O2/c1-2-3-10-19(13-15-7-5-9-18-15)17(21)12-14-6-4-8-16(20)11-14/h4,6,8,11,15,18,20H,2-3,5,7,9-10,12-13H2,1H3. The fourth-order valence-electron chi connectivity index (χ4n) is 2.80. The molecule has 2 rings (SSSR count). The molecule has 116 valence electrons. The fraction of sp³-hybridized carbons (Fsp3) is 0.588. The smallest absolute Gasteiger partial charge is 0.227 e. The maximum absolute atomic E-state index is 12.5. The summed E-state index contributed by atoms with van der Waals surface area (Å²) in [4.78, 5) is 14.5. The highest BCUT2D eigenvalue weighted by Crippen LogP contribution is 2.14. The van der Waals surface area contributed by atoms with Crippen LogP contribution < -0.4 is 5.32 Å². The highest BCUT2D eigenvalue weighted by molar-refractivity contribution is 5.79. The van der Waals surface area contributed by atoms with Crippen LogP contribution in [0.1, 0.15) is 38.2 Å². The molecule has 0 aliphatic carbocycles. The molecule has 1 heterocycles. The van der Waals surface area contributed by atoms with Gasteiger partial charge in [-0.1, -0.05) is 25.5 Å². The molecule has 1 fully saturated rings. The van der Waals surface area contributed by atoms with E-state index in [1.807, 2.05) is 11.0 Å². The number of benzene rings is 1. The van der Waals surface area contributed by atoms with Crippen LogP contribution in [-0.4, -0.2) is 41.6 Å². The molecular formula is C17H26N2O2. The van der Waals surface area contributed by atoms with E-state index in [9.17, 15) is 9.90 Å². The van der Waals surface area contributed by atoms with Gasteiger partial charge >= 0.3 is 0 Å². The van der Waals surface area contributed by atoms with E-state index in [1.165, 1.54) is 6.42 Å². The third-order valence-corrected chi connectivity index (χ3v) is 4.00. The van der Waals surface area contributed by atoms with E-state index in [1.54, 1.807) is 18.2 Å². The van der Waals surface area contributed by atoms with E-state index in [4.69, 9.17) is 0 Å². The van der Waals surface area contributed by atoms with Crippen LogP contribution in [0.15, 0.2) is 24.3 Å². The average molecular weight is 290 g/mol. The van der Waals surface area contributed by atoms with Gasteiger partial charge in [0.25, 0.3) is 0 Å². The summed E-state index contributed by atoms with van der Waals surface area (Å²) in [6.45, 7) is 4.84. The van der Waals surface area contributed by atoms with Crippen molar-refractivity contribution in [1.82, 2.24) is 10.2 Å². The molecule has 0 spiro atoms. The number of rotatable bonds is 7. The van der Waals surface area contributed by atoms with E-state index in [0.717, 1.165) is 44.5 Å². The van der Waals surface area contributed by atoms with Gasteiger partial charge < -0.3 is 15.3 Å². The van der Waals surface area contributed by atoms with Gasteiger partial charge in [-0.3, -0.25) is 4.79 Å². The Balaban J connectivity index is 1.95. The summed E-state index contributed by atoms with van der Waals surface area (Å²) in [5.74, 6) is 0.376. The number of phenols is 1. The van der Waals surface area contributed by atoms with Crippen molar-refractivity contribution in [2.75, 3.05) is 19.6 Å². The number of unbranched alkanes of at least 4 members (excludes halogenated alkanes) is 1. The van der Waals surface area contributed by atoms with Crippen molar-refractivity contribution in [2.24, 2.45) is 0 Å². The first kappa shape index (κ1) is 15.8. The molecule has 0 radical (unpaired) electrons. The number of carbonyl (C=O) groups excluding carboxylic acids is 1. The number of carbonyl (C=O) groups is 1. The Bertz CT molecular complexity index is 456. The molecule has 1 aliphatic rings. The number of phenolic OH excluding ortho intramolecular Hbond substituents is 1. The van der Waals surface area contributed by atoms with Crippen LogP contribution in [-0.2, 0) is 11.2 Å². The minimum Gasteiger partial charge on any atom is -0.508 e. The van der Waals surface area contributed by atoms with Crippen molar-refractivity contribution in [2.45, 2.75) is 45.1 Å². The van der Waals surface area contributed by atoms with Crippen LogP contribution in [0.25, 0.3) is 0 Å². The van der Waals surface area contributed by atoms with E-state index >= 15 is 0 Å². The van der Waals surface area contributed by atoms with Crippen LogP contribution in [0.2, 0.25) is 0 Å². The molecule has 0 bridgehead atoms. The summed E-state index contributed by atoms with van der Waals surface area (Å²) >= 11 is 0. The normalized spacial score (nSPS) is 17.9. The van der Waals surface area contributed by atoms with Gasteiger partial charge in [-0.25, -0.2) is 0 Å². The Hall–Kier alpha value is -1.55. The van der Waals surface area contributed by atoms with Crippen LogP contribution >= 0.6 is 0 Å². The van der Waals surface area contributed by atoms with Gasteiger partial charge in [-0.05, 0) is 43.5 Å². The van der Waals surface area contributed by atoms with Gasteiger partial charge in [0, 0.05) is 19.1 Å². The van der Waals surface area contributed by atoms with Crippen molar-refractivity contribution >= 4 is 5.91 Å². The van der Waals surface area contributed by atoms with E-state index in [-0.39, 0.29) is 11.7 Å². The summed E-state index contributed by atoms with van der Waals surface area (Å²) in [5, 5.41) is 13.0. The van der Waals surface area contributed by atoms with Crippen molar-refractivity contribution in [3.05, 3.63) is 29.8 Å². The molecule has 0 aromatic heterocycles. The third-order valence-electron chi connectivity index (χ3n) is 4.00. The zero-order valence-corrected chi connectivity index (χ0v) is 12.8. The lowest BCUT2D eigenvalue weighted by Crippen LogP contribution is -2.42. The predicted octanol–water partition coefficient (Wildman–Crippen LogP) is 2.32. The van der Waals surface area contributed by atoms with Gasteiger partial charge in [-0.15, -0.1) is 0 Å². The number of nitrogens with one attached hydrogen (secondary N) is 1. The zero-order chi connectivity index (χ0) is 15.1. The molecule has 4 heteroatoms. The van der Waals surface area contributed by atoms with Crippen LogP contribution in [0.3, 0.4) is 0 Å². The largest absolute Gasteiger partial charge is 0.508 e. The van der Waals surface area contributed by atoms with Gasteiger partial charge in [0.15, 0.2) is 0 Å². The van der Waals surface area contributed by atoms with Gasteiger partial charge in [0.2, 0.25) is 5.91 Å². The molecule has 1 aromatic carbocycles. The predicted molar refractivity (Wildman–Crippen MR) is 84.3 cm³/mol. The first-order chi connectivity index (χ1) is 10.2. The fourth-order valence-corrected chi connectivity index (χ4v) is 2.80. The maximum atomic E-state index is 12.5. The van der Waals surface area contributed by atoms with E-state index in [0.29, 0.717) is 12.5 Å². The molecule has 1 aromatic rings. The second-order valence-corrected chi connectivity index (χ2v) is 5.83. The number of nitrogens with zero attached hydrogens (tertiary/aromatic N) is 1. The molecule has 0 saturated carbocycles. The lowest BCUT2D eigenvalue weighted by Gasteiger charge is -2.26. The minimum atomic E-state index is 0.155. The topological polar surface area (TPSA) is 52.6 Å². The highest BCUT2D eigenvalue weighted by Gasteiger charge is 2.21. The second-order valence-electron chi connectivity index (χ2n) is 5.83. The number of aromatic hydroxyl groups is 1. The van der Waals surface area contributed by atoms with Gasteiger partial charge in [0.05, 0.1) is 6.42 Å². The summed E-state index contributed by atoms with van der Waals surface area (Å²) in [6.07, 6.45) is 4.85. The molecule has 2 N–H and O–H groups in total. The highest BCUT2D eigenvalue weighted by atomic mass is 16.3. The molecular weight excluding hydrogens is 264 g/mol. The van der Waals surface area contributed by atoms with Crippen molar-refractivity contribution in [1.29, 1.82) is 0 Å². The van der Waals surface area contributed by atoms with Crippen LogP contribution in [0.4, 0.5) is 0 Å². The van der Waals surface area contributed by atoms with Gasteiger partial charge in [0.1, 0.15) is 5.75 Å². The minimum absolute atomic E-state index is 0.155. The van der Waals surface area contributed by atoms with Crippen LogP contribution in [0, 0.1) is 0 Å². The lowest BCUT2D eigenvalue weighted by molar-refractivity contribution is -0.130. The molecule has 4 nitrogen and oxygen atoms in total. The Labute approximate surface area is 127 Å². The number of hydrogen-bond donors (Lipinski definition) is 2. The summed E-state index contributed by atoms with van der Waals surface area (Å²) in [5.41, 5.74) is 0.876. The van der Waals surface area contributed by atoms with Crippen molar-refractivity contribution in [3.8, 4) is 5.75 Å². The Morgan fingerprint density at radius 3 is 3.00 bits per heavy atom. The number of hydrogen-bond acceptors (Lipinski definition) is 3. The summed E-state index contributed by atoms with van der Waals surface area (Å²) < 4.78 is 0. The maximum Gasteiger partial charge on any atom is 0.227 e. The number of amides is 1.